The van der Waals surface area contributed by atoms with Crippen molar-refractivity contribution in [1.29, 1.82) is 0 Å². The van der Waals surface area contributed by atoms with Crippen molar-refractivity contribution in [3.63, 3.8) is 0 Å². The Balaban J connectivity index is 1.55. The maximum atomic E-state index is 16.3. The average Bonchev–Trinajstić information content (AvgIpc) is 3.56. The Morgan fingerprint density at radius 2 is 1.02 bits per heavy atom. The summed E-state index contributed by atoms with van der Waals surface area (Å²) < 4.78 is 88.3. The van der Waals surface area contributed by atoms with E-state index in [4.69, 9.17) is 4.18 Å². The third-order valence-corrected chi connectivity index (χ3v) is 13.7. The van der Waals surface area contributed by atoms with Crippen LogP contribution in [0.3, 0.4) is 0 Å². The first-order valence-electron chi connectivity index (χ1n) is 15.6. The molecule has 0 bridgehead atoms. The van der Waals surface area contributed by atoms with Gasteiger partial charge in [-0.15, -0.1) is 0 Å². The molecule has 0 fully saturated rings. The lowest BCUT2D eigenvalue weighted by Crippen LogP contribution is -2.36. The molecule has 0 unspecified atom stereocenters. The highest BCUT2D eigenvalue weighted by Gasteiger charge is 2.57. The van der Waals surface area contributed by atoms with Crippen LogP contribution in [-0.4, -0.2) is 13.9 Å². The van der Waals surface area contributed by atoms with Crippen molar-refractivity contribution < 1.29 is 30.3 Å². The highest BCUT2D eigenvalue weighted by atomic mass is 32.2. The molecule has 49 heavy (non-hydrogen) atoms. The summed E-state index contributed by atoms with van der Waals surface area (Å²) in [6.45, 7) is 3.91. The summed E-state index contributed by atoms with van der Waals surface area (Å²) in [7, 11) is -9.76. The van der Waals surface area contributed by atoms with Gasteiger partial charge in [0.1, 0.15) is 5.75 Å². The lowest BCUT2D eigenvalue weighted by molar-refractivity contribution is -0.0500. The van der Waals surface area contributed by atoms with Gasteiger partial charge >= 0.3 is 15.6 Å². The molecule has 6 aromatic rings. The zero-order valence-electron chi connectivity index (χ0n) is 26.3. The topological polar surface area (TPSA) is 60.4 Å². The van der Waals surface area contributed by atoms with E-state index in [0.29, 0.717) is 32.6 Å². The van der Waals surface area contributed by atoms with Gasteiger partial charge in [0.25, 0.3) is 0 Å². The number of rotatable bonds is 5. The largest absolute Gasteiger partial charge is 0.534 e. The number of aryl methyl sites for hydroxylation is 2. The van der Waals surface area contributed by atoms with E-state index < -0.39 is 33.9 Å². The van der Waals surface area contributed by atoms with Gasteiger partial charge in [-0.25, -0.2) is 0 Å². The summed E-state index contributed by atoms with van der Waals surface area (Å²) in [5, 5.41) is 1.69. The van der Waals surface area contributed by atoms with Gasteiger partial charge in [0.2, 0.25) is 0 Å². The van der Waals surface area contributed by atoms with Gasteiger partial charge in [-0.1, -0.05) is 139 Å². The van der Waals surface area contributed by atoms with Crippen molar-refractivity contribution in [1.82, 2.24) is 0 Å². The summed E-state index contributed by atoms with van der Waals surface area (Å²) >= 11 is 0. The van der Waals surface area contributed by atoms with E-state index in [-0.39, 0.29) is 5.56 Å². The van der Waals surface area contributed by atoms with Crippen LogP contribution in [0, 0.1) is 13.8 Å². The van der Waals surface area contributed by atoms with Crippen molar-refractivity contribution in [3.05, 3.63) is 167 Å². The molecule has 9 heteroatoms. The molecule has 6 aromatic carbocycles. The monoisotopic (exact) mass is 692 g/mol. The number of halogens is 3. The predicted octanol–water partition coefficient (Wildman–Crippen LogP) is 8.51. The van der Waals surface area contributed by atoms with Gasteiger partial charge in [-0.3, -0.25) is 0 Å². The Bertz CT molecular complexity index is 2410. The summed E-state index contributed by atoms with van der Waals surface area (Å²) in [6, 6.07) is 40.3. The van der Waals surface area contributed by atoms with Crippen molar-refractivity contribution >= 4 is 33.2 Å². The van der Waals surface area contributed by atoms with E-state index in [1.54, 1.807) is 6.07 Å². The number of hydrogen-bond acceptors (Lipinski definition) is 4. The van der Waals surface area contributed by atoms with Crippen LogP contribution in [-0.2, 0) is 20.1 Å². The molecule has 0 amide bonds. The minimum absolute atomic E-state index is 0.252. The van der Waals surface area contributed by atoms with E-state index in [9.17, 15) is 21.6 Å². The zero-order chi connectivity index (χ0) is 34.3. The molecule has 2 aliphatic rings. The lowest BCUT2D eigenvalue weighted by atomic mass is 9.70. The summed E-state index contributed by atoms with van der Waals surface area (Å²) in [4.78, 5) is 0. The second-order valence-corrected chi connectivity index (χ2v) is 16.8. The highest BCUT2D eigenvalue weighted by Crippen LogP contribution is 2.66. The van der Waals surface area contributed by atoms with Crippen molar-refractivity contribution in [3.8, 4) is 28.0 Å². The van der Waals surface area contributed by atoms with Gasteiger partial charge in [-0.2, -0.15) is 21.6 Å². The van der Waals surface area contributed by atoms with Gasteiger partial charge in [0, 0.05) is 21.5 Å². The smallest absolute Gasteiger partial charge is 0.376 e. The van der Waals surface area contributed by atoms with Crippen LogP contribution in [0.5, 0.6) is 5.75 Å². The SMILES string of the molecule is Cc1ccc(P(=O)(c2ccc(C)cc2)c2cccc3c2[C@]2(c4ccccc4-c4cccc(OS(=O)(=O)C(F)(F)F)c42)c2ccccc2-3)cc1. The maximum Gasteiger partial charge on any atom is 0.534 e. The molecule has 0 aromatic heterocycles. The van der Waals surface area contributed by atoms with Gasteiger partial charge in [0.15, 0.2) is 7.14 Å². The van der Waals surface area contributed by atoms with Crippen LogP contribution in [0.1, 0.15) is 33.4 Å². The number of fused-ring (bicyclic) bond motifs is 10. The Kier molecular flexibility index (Phi) is 6.91. The fraction of sp³-hybridized carbons (Fsp3) is 0.100. The van der Waals surface area contributed by atoms with Crippen LogP contribution in [0.15, 0.2) is 133 Å². The standard InChI is InChI=1S/C40H28F3O4PS/c1-25-17-21-27(22-18-25)48(44,28-23-19-26(2)20-24-28)36-16-8-12-32-30-10-4-6-14-34(30)39(38(32)36)33-13-5-3-9-29(33)31-11-7-15-35(37(31)39)47-49(45,46)40(41,42)43/h3-24H,1-2H3/t39-/m1/s1. The lowest BCUT2D eigenvalue weighted by Gasteiger charge is -2.34. The minimum atomic E-state index is -6.05. The number of benzene rings is 6. The molecule has 4 nitrogen and oxygen atoms in total. The first-order valence-corrected chi connectivity index (χ1v) is 18.7. The molecule has 0 radical (unpaired) electrons. The zero-order valence-corrected chi connectivity index (χ0v) is 28.0. The van der Waals surface area contributed by atoms with E-state index >= 15 is 4.57 Å². The molecule has 1 spiro atoms. The number of alkyl halides is 3. The summed E-state index contributed by atoms with van der Waals surface area (Å²) in [5.74, 6) is -0.441. The quantitative estimate of drug-likeness (QED) is 0.103. The predicted molar refractivity (Wildman–Crippen MR) is 187 cm³/mol. The molecular formula is C40H28F3O4PS. The van der Waals surface area contributed by atoms with Crippen LogP contribution >= 0.6 is 7.14 Å². The maximum absolute atomic E-state index is 16.3. The van der Waals surface area contributed by atoms with Crippen LogP contribution in [0.4, 0.5) is 13.2 Å². The Hall–Kier alpha value is -4.91. The van der Waals surface area contributed by atoms with E-state index in [1.165, 1.54) is 12.1 Å². The molecule has 0 saturated carbocycles. The van der Waals surface area contributed by atoms with E-state index in [1.807, 2.05) is 129 Å². The highest BCUT2D eigenvalue weighted by molar-refractivity contribution is 7.88. The van der Waals surface area contributed by atoms with Crippen LogP contribution in [0.25, 0.3) is 22.3 Å². The number of hydrogen-bond donors (Lipinski definition) is 0. The fourth-order valence-corrected chi connectivity index (χ4v) is 11.0. The van der Waals surface area contributed by atoms with Crippen molar-refractivity contribution in [2.45, 2.75) is 24.8 Å². The molecular weight excluding hydrogens is 664 g/mol. The fourth-order valence-electron chi connectivity index (χ4n) is 7.63. The molecule has 0 N–H and O–H groups in total. The molecule has 0 aliphatic heterocycles. The summed E-state index contributed by atoms with van der Waals surface area (Å²) in [5.41, 5.74) is 0.0726. The second kappa shape index (κ2) is 10.8. The molecule has 0 saturated heterocycles. The first kappa shape index (κ1) is 31.4. The first-order chi connectivity index (χ1) is 23.4. The Morgan fingerprint density at radius 1 is 0.571 bits per heavy atom. The molecule has 8 rings (SSSR count). The van der Waals surface area contributed by atoms with Gasteiger partial charge in [-0.05, 0) is 58.9 Å². The van der Waals surface area contributed by atoms with Gasteiger partial charge in [0.05, 0.1) is 5.41 Å². The molecule has 0 heterocycles. The van der Waals surface area contributed by atoms with E-state index in [0.717, 1.165) is 33.4 Å². The van der Waals surface area contributed by atoms with Gasteiger partial charge < -0.3 is 8.75 Å². The Morgan fingerprint density at radius 3 is 1.53 bits per heavy atom. The summed E-state index contributed by atoms with van der Waals surface area (Å²) in [6.07, 6.45) is 0. The third-order valence-electron chi connectivity index (χ3n) is 9.68. The van der Waals surface area contributed by atoms with Crippen molar-refractivity contribution in [2.24, 2.45) is 0 Å². The molecule has 1 atom stereocenters. The normalized spacial score (nSPS) is 16.2. The molecule has 2 aliphatic carbocycles. The van der Waals surface area contributed by atoms with Crippen LogP contribution in [0.2, 0.25) is 0 Å². The van der Waals surface area contributed by atoms with E-state index in [2.05, 4.69) is 0 Å². The Labute approximate surface area is 282 Å². The van der Waals surface area contributed by atoms with Crippen LogP contribution < -0.4 is 20.1 Å². The minimum Gasteiger partial charge on any atom is -0.376 e. The third kappa shape index (κ3) is 4.37. The van der Waals surface area contributed by atoms with Crippen molar-refractivity contribution in [2.75, 3.05) is 0 Å². The molecule has 244 valence electrons. The average molecular weight is 693 g/mol. The second-order valence-electron chi connectivity index (χ2n) is 12.5.